The van der Waals surface area contributed by atoms with E-state index < -0.39 is 9.58 Å². The Labute approximate surface area is 126 Å². The number of rotatable bonds is 4. The SMILES string of the molecule is CC(C(=O)c1cc(C(=O)C(Cl)(Cl)Cl)n(C)c1)C1CC1. The molecule has 1 aliphatic rings. The largest absolute Gasteiger partial charge is 0.347 e. The summed E-state index contributed by atoms with van der Waals surface area (Å²) >= 11 is 16.8. The number of carbonyl (C=O) groups is 2. The zero-order valence-electron chi connectivity index (χ0n) is 10.6. The fraction of sp³-hybridized carbons (Fsp3) is 0.538. The standard InChI is InChI=1S/C13H14Cl3NO2/c1-7(8-3-4-8)11(18)9-5-10(17(2)6-9)12(19)13(14,15)16/h5-8H,3-4H2,1-2H3. The molecule has 3 nitrogen and oxygen atoms in total. The number of aryl methyl sites for hydroxylation is 1. The highest BCUT2D eigenvalue weighted by molar-refractivity contribution is 6.77. The van der Waals surface area contributed by atoms with Crippen molar-refractivity contribution < 1.29 is 9.59 Å². The summed E-state index contributed by atoms with van der Waals surface area (Å²) in [4.78, 5) is 24.2. The predicted octanol–water partition coefficient (Wildman–Crippen LogP) is 3.81. The first kappa shape index (κ1) is 14.9. The molecular weight excluding hydrogens is 309 g/mol. The zero-order chi connectivity index (χ0) is 14.4. The molecule has 0 bridgehead atoms. The number of hydrogen-bond donors (Lipinski definition) is 0. The fourth-order valence-corrected chi connectivity index (χ4v) is 2.43. The van der Waals surface area contributed by atoms with Crippen LogP contribution in [-0.4, -0.2) is 19.9 Å². The van der Waals surface area contributed by atoms with Gasteiger partial charge in [-0.2, -0.15) is 0 Å². The van der Waals surface area contributed by atoms with Gasteiger partial charge >= 0.3 is 0 Å². The van der Waals surface area contributed by atoms with Gasteiger partial charge in [0.15, 0.2) is 5.78 Å². The number of alkyl halides is 3. The Morgan fingerprint density at radius 1 is 1.37 bits per heavy atom. The smallest absolute Gasteiger partial charge is 0.255 e. The summed E-state index contributed by atoms with van der Waals surface area (Å²) in [7, 11) is 1.65. The van der Waals surface area contributed by atoms with Gasteiger partial charge in [0.1, 0.15) is 0 Å². The predicted molar refractivity (Wildman–Crippen MR) is 76.3 cm³/mol. The molecule has 0 aromatic carbocycles. The summed E-state index contributed by atoms with van der Waals surface area (Å²) in [6.45, 7) is 1.92. The first-order valence-corrected chi connectivity index (χ1v) is 7.17. The molecule has 1 atom stereocenters. The van der Waals surface area contributed by atoms with Gasteiger partial charge in [0.2, 0.25) is 5.78 Å². The van der Waals surface area contributed by atoms with Gasteiger partial charge in [0.25, 0.3) is 3.79 Å². The Bertz CT molecular complexity index is 526. The van der Waals surface area contributed by atoms with E-state index in [1.807, 2.05) is 6.92 Å². The molecule has 104 valence electrons. The minimum absolute atomic E-state index is 0.0156. The van der Waals surface area contributed by atoms with Crippen molar-refractivity contribution in [3.05, 3.63) is 23.5 Å². The van der Waals surface area contributed by atoms with E-state index in [2.05, 4.69) is 0 Å². The third-order valence-electron chi connectivity index (χ3n) is 3.52. The molecule has 0 spiro atoms. The van der Waals surface area contributed by atoms with Crippen LogP contribution in [-0.2, 0) is 7.05 Å². The topological polar surface area (TPSA) is 39.1 Å². The fourth-order valence-electron chi connectivity index (χ4n) is 2.14. The van der Waals surface area contributed by atoms with Crippen LogP contribution in [0.25, 0.3) is 0 Å². The second-order valence-electron chi connectivity index (χ2n) is 5.04. The Morgan fingerprint density at radius 2 is 1.95 bits per heavy atom. The second kappa shape index (κ2) is 5.12. The molecule has 1 aromatic heterocycles. The van der Waals surface area contributed by atoms with Gasteiger partial charge in [0, 0.05) is 24.7 Å². The number of halogens is 3. The molecule has 1 saturated carbocycles. The molecule has 1 heterocycles. The van der Waals surface area contributed by atoms with Gasteiger partial charge in [-0.3, -0.25) is 9.59 Å². The third-order valence-corrected chi connectivity index (χ3v) is 4.04. The molecule has 0 aliphatic heterocycles. The number of carbonyl (C=O) groups excluding carboxylic acids is 2. The summed E-state index contributed by atoms with van der Waals surface area (Å²) in [6, 6.07) is 1.51. The molecule has 6 heteroatoms. The maximum Gasteiger partial charge on any atom is 0.255 e. The molecule has 1 fully saturated rings. The van der Waals surface area contributed by atoms with Gasteiger partial charge in [-0.25, -0.2) is 0 Å². The molecule has 0 N–H and O–H groups in total. The van der Waals surface area contributed by atoms with Crippen LogP contribution < -0.4 is 0 Å². The van der Waals surface area contributed by atoms with Crippen LogP contribution in [0.3, 0.4) is 0 Å². The van der Waals surface area contributed by atoms with Crippen molar-refractivity contribution in [2.24, 2.45) is 18.9 Å². The number of hydrogen-bond acceptors (Lipinski definition) is 2. The second-order valence-corrected chi connectivity index (χ2v) is 7.32. The normalized spacial score (nSPS) is 17.3. The molecule has 2 rings (SSSR count). The molecule has 1 unspecified atom stereocenters. The van der Waals surface area contributed by atoms with E-state index in [9.17, 15) is 9.59 Å². The lowest BCUT2D eigenvalue weighted by molar-refractivity contribution is 0.0916. The first-order valence-electron chi connectivity index (χ1n) is 6.04. The third kappa shape index (κ3) is 3.15. The Hall–Kier alpha value is -0.510. The van der Waals surface area contributed by atoms with Crippen LogP contribution in [0.5, 0.6) is 0 Å². The van der Waals surface area contributed by atoms with Crippen LogP contribution in [0.4, 0.5) is 0 Å². The van der Waals surface area contributed by atoms with E-state index in [1.165, 1.54) is 10.6 Å². The van der Waals surface area contributed by atoms with Gasteiger partial charge in [0.05, 0.1) is 5.69 Å². The van der Waals surface area contributed by atoms with Crippen molar-refractivity contribution in [3.63, 3.8) is 0 Å². The highest BCUT2D eigenvalue weighted by Crippen LogP contribution is 2.38. The van der Waals surface area contributed by atoms with Crippen molar-refractivity contribution >= 4 is 46.4 Å². The van der Waals surface area contributed by atoms with Gasteiger partial charge in [-0.1, -0.05) is 41.7 Å². The summed E-state index contributed by atoms with van der Waals surface area (Å²) in [5, 5.41) is 0. The first-order chi connectivity index (χ1) is 8.71. The van der Waals surface area contributed by atoms with Gasteiger partial charge < -0.3 is 4.57 Å². The summed E-state index contributed by atoms with van der Waals surface area (Å²) in [6.07, 6.45) is 3.81. The molecule has 0 saturated heterocycles. The Kier molecular flexibility index (Phi) is 4.01. The van der Waals surface area contributed by atoms with E-state index >= 15 is 0 Å². The maximum atomic E-state index is 12.2. The minimum atomic E-state index is -2.01. The molecule has 0 amide bonds. The highest BCUT2D eigenvalue weighted by atomic mass is 35.6. The van der Waals surface area contributed by atoms with E-state index in [-0.39, 0.29) is 17.4 Å². The summed E-state index contributed by atoms with van der Waals surface area (Å²) < 4.78 is -0.481. The summed E-state index contributed by atoms with van der Waals surface area (Å²) in [5.74, 6) is -0.127. The number of nitrogens with zero attached hydrogens (tertiary/aromatic N) is 1. The molecule has 1 aromatic rings. The van der Waals surface area contributed by atoms with E-state index in [4.69, 9.17) is 34.8 Å². The monoisotopic (exact) mass is 321 g/mol. The highest BCUT2D eigenvalue weighted by Gasteiger charge is 2.36. The van der Waals surface area contributed by atoms with E-state index in [1.54, 1.807) is 13.2 Å². The molecule has 0 radical (unpaired) electrons. The van der Waals surface area contributed by atoms with Crippen molar-refractivity contribution in [1.29, 1.82) is 0 Å². The van der Waals surface area contributed by atoms with Gasteiger partial charge in [-0.05, 0) is 24.8 Å². The molecular formula is C13H14Cl3NO2. The summed E-state index contributed by atoms with van der Waals surface area (Å²) in [5.41, 5.74) is 0.728. The van der Waals surface area contributed by atoms with Crippen LogP contribution in [0, 0.1) is 11.8 Å². The average Bonchev–Trinajstić information content (AvgIpc) is 3.09. The van der Waals surface area contributed by atoms with Crippen LogP contribution in [0.2, 0.25) is 0 Å². The average molecular weight is 323 g/mol. The van der Waals surface area contributed by atoms with Crippen LogP contribution in [0.1, 0.15) is 40.6 Å². The maximum absolute atomic E-state index is 12.2. The zero-order valence-corrected chi connectivity index (χ0v) is 12.9. The minimum Gasteiger partial charge on any atom is -0.347 e. The number of aromatic nitrogens is 1. The van der Waals surface area contributed by atoms with Crippen LogP contribution in [0.15, 0.2) is 12.3 Å². The van der Waals surface area contributed by atoms with Crippen molar-refractivity contribution in [2.45, 2.75) is 23.6 Å². The molecule has 19 heavy (non-hydrogen) atoms. The lowest BCUT2D eigenvalue weighted by Crippen LogP contribution is -2.21. The van der Waals surface area contributed by atoms with Crippen molar-refractivity contribution in [3.8, 4) is 0 Å². The van der Waals surface area contributed by atoms with E-state index in [0.717, 1.165) is 12.8 Å². The van der Waals surface area contributed by atoms with Gasteiger partial charge in [-0.15, -0.1) is 0 Å². The van der Waals surface area contributed by atoms with Crippen LogP contribution >= 0.6 is 34.8 Å². The number of Topliss-reactive ketones (excluding diaryl/α,β-unsaturated/α-hetero) is 2. The number of ketones is 2. The van der Waals surface area contributed by atoms with Crippen molar-refractivity contribution in [2.75, 3.05) is 0 Å². The lowest BCUT2D eigenvalue weighted by atomic mass is 9.96. The quantitative estimate of drug-likeness (QED) is 0.624. The van der Waals surface area contributed by atoms with Crippen molar-refractivity contribution in [1.82, 2.24) is 4.57 Å². The Morgan fingerprint density at radius 3 is 2.42 bits per heavy atom. The van der Waals surface area contributed by atoms with E-state index in [0.29, 0.717) is 11.5 Å². The lowest BCUT2D eigenvalue weighted by Gasteiger charge is -2.09. The Balaban J connectivity index is 2.25. The molecule has 1 aliphatic carbocycles.